The molecule has 0 unspecified atom stereocenters. The van der Waals surface area contributed by atoms with Crippen LogP contribution in [0.5, 0.6) is 0 Å². The van der Waals surface area contributed by atoms with Crippen molar-refractivity contribution in [3.8, 4) is 0 Å². The topological polar surface area (TPSA) is 82.1 Å². The molecule has 7 nitrogen and oxygen atoms in total. The average Bonchev–Trinajstić information content (AvgIpc) is 3.22. The molecule has 2 fully saturated rings. The molecular formula is C19H31N7. The fraction of sp³-hybridized carbons (Fsp3) is 0.632. The van der Waals surface area contributed by atoms with E-state index in [1.807, 2.05) is 12.3 Å². The third-order valence-electron chi connectivity index (χ3n) is 5.28. The Balaban J connectivity index is 1.67. The van der Waals surface area contributed by atoms with Crippen LogP contribution >= 0.6 is 0 Å². The molecule has 0 atom stereocenters. The van der Waals surface area contributed by atoms with Crippen molar-refractivity contribution < 1.29 is 0 Å². The van der Waals surface area contributed by atoms with E-state index in [1.54, 1.807) is 0 Å². The van der Waals surface area contributed by atoms with Crippen LogP contribution in [0.4, 0.5) is 11.5 Å². The highest BCUT2D eigenvalue weighted by Crippen LogP contribution is 2.23. The lowest BCUT2D eigenvalue weighted by atomic mass is 10.2. The molecule has 1 aliphatic heterocycles. The van der Waals surface area contributed by atoms with Gasteiger partial charge < -0.3 is 20.9 Å². The van der Waals surface area contributed by atoms with E-state index in [0.29, 0.717) is 11.9 Å². The average molecular weight is 358 g/mol. The highest BCUT2D eigenvalue weighted by Gasteiger charge is 2.21. The zero-order valence-corrected chi connectivity index (χ0v) is 16.0. The lowest BCUT2D eigenvalue weighted by molar-refractivity contribution is 0.366. The molecule has 3 rings (SSSR count). The standard InChI is InChI=1S/C19H31N7/c1-3-18(25(2)15-6-4-5-7-15)24-19(20)23-17-9-8-16(14-22-17)26-12-10-21-11-13-26/h8-9,14-15,21H,3-7,10-13H2,1-2H3,(H2,20,22,23). The Kier molecular flexibility index (Phi) is 6.44. The van der Waals surface area contributed by atoms with E-state index in [2.05, 4.69) is 50.1 Å². The number of nitrogens with zero attached hydrogens (tertiary/aromatic N) is 5. The third-order valence-corrected chi connectivity index (χ3v) is 5.28. The van der Waals surface area contributed by atoms with Crippen LogP contribution in [0.3, 0.4) is 0 Å². The summed E-state index contributed by atoms with van der Waals surface area (Å²) in [5.74, 6) is 1.87. The fourth-order valence-electron chi connectivity index (χ4n) is 3.74. The Labute approximate surface area is 156 Å². The zero-order chi connectivity index (χ0) is 18.4. The van der Waals surface area contributed by atoms with Crippen LogP contribution in [-0.4, -0.2) is 60.9 Å². The van der Waals surface area contributed by atoms with Gasteiger partial charge in [-0.3, -0.25) is 0 Å². The van der Waals surface area contributed by atoms with Gasteiger partial charge in [0.2, 0.25) is 5.96 Å². The molecule has 7 heteroatoms. The number of nitrogens with one attached hydrogen (secondary N) is 1. The van der Waals surface area contributed by atoms with Crippen molar-refractivity contribution in [2.75, 3.05) is 38.1 Å². The molecule has 0 aromatic carbocycles. The Bertz CT molecular complexity index is 626. The van der Waals surface area contributed by atoms with Crippen LogP contribution in [0.1, 0.15) is 39.0 Å². The van der Waals surface area contributed by atoms with E-state index in [1.165, 1.54) is 25.7 Å². The van der Waals surface area contributed by atoms with Gasteiger partial charge in [-0.1, -0.05) is 19.8 Å². The maximum absolute atomic E-state index is 6.08. The minimum Gasteiger partial charge on any atom is -0.368 e. The number of anilines is 1. The summed E-state index contributed by atoms with van der Waals surface area (Å²) in [4.78, 5) is 18.0. The Morgan fingerprint density at radius 1 is 1.31 bits per heavy atom. The summed E-state index contributed by atoms with van der Waals surface area (Å²) in [6, 6.07) is 4.55. The van der Waals surface area contributed by atoms with E-state index in [9.17, 15) is 0 Å². The summed E-state index contributed by atoms with van der Waals surface area (Å²) in [6.45, 7) is 6.14. The van der Waals surface area contributed by atoms with E-state index in [4.69, 9.17) is 5.73 Å². The van der Waals surface area contributed by atoms with Gasteiger partial charge in [-0.25, -0.2) is 9.98 Å². The minimum absolute atomic E-state index is 0.272. The van der Waals surface area contributed by atoms with E-state index in [-0.39, 0.29) is 5.96 Å². The van der Waals surface area contributed by atoms with Gasteiger partial charge >= 0.3 is 0 Å². The number of hydrogen-bond donors (Lipinski definition) is 2. The Morgan fingerprint density at radius 2 is 2.04 bits per heavy atom. The molecule has 0 bridgehead atoms. The lowest BCUT2D eigenvalue weighted by Gasteiger charge is -2.29. The molecule has 142 valence electrons. The number of rotatable bonds is 4. The molecular weight excluding hydrogens is 326 g/mol. The van der Waals surface area contributed by atoms with Gasteiger partial charge in [0.1, 0.15) is 5.84 Å². The number of pyridine rings is 1. The molecule has 1 aromatic heterocycles. The summed E-state index contributed by atoms with van der Waals surface area (Å²) in [5, 5.41) is 3.36. The predicted molar refractivity (Wildman–Crippen MR) is 108 cm³/mol. The van der Waals surface area contributed by atoms with Crippen molar-refractivity contribution in [3.05, 3.63) is 18.3 Å². The van der Waals surface area contributed by atoms with Crippen molar-refractivity contribution in [3.63, 3.8) is 0 Å². The van der Waals surface area contributed by atoms with Gasteiger partial charge in [-0.2, -0.15) is 4.99 Å². The second kappa shape index (κ2) is 8.98. The van der Waals surface area contributed by atoms with Crippen molar-refractivity contribution in [1.82, 2.24) is 15.2 Å². The Hall–Kier alpha value is -2.15. The fourth-order valence-corrected chi connectivity index (χ4v) is 3.74. The van der Waals surface area contributed by atoms with Crippen molar-refractivity contribution in [2.24, 2.45) is 15.7 Å². The number of amidine groups is 1. The van der Waals surface area contributed by atoms with E-state index >= 15 is 0 Å². The molecule has 26 heavy (non-hydrogen) atoms. The maximum atomic E-state index is 6.08. The van der Waals surface area contributed by atoms with Crippen LogP contribution < -0.4 is 16.0 Å². The molecule has 2 heterocycles. The molecule has 1 aliphatic carbocycles. The summed E-state index contributed by atoms with van der Waals surface area (Å²) < 4.78 is 0. The second-order valence-electron chi connectivity index (χ2n) is 7.01. The molecule has 1 saturated heterocycles. The van der Waals surface area contributed by atoms with Crippen molar-refractivity contribution in [2.45, 2.75) is 45.1 Å². The summed E-state index contributed by atoms with van der Waals surface area (Å²) in [7, 11) is 2.12. The lowest BCUT2D eigenvalue weighted by Crippen LogP contribution is -2.43. The van der Waals surface area contributed by atoms with Gasteiger partial charge in [-0.05, 0) is 25.0 Å². The van der Waals surface area contributed by atoms with Crippen LogP contribution in [0, 0.1) is 0 Å². The quantitative estimate of drug-likeness (QED) is 0.637. The van der Waals surface area contributed by atoms with Gasteiger partial charge in [0.25, 0.3) is 0 Å². The normalized spacial score (nSPS) is 19.8. The highest BCUT2D eigenvalue weighted by atomic mass is 15.2. The SMILES string of the molecule is CCC(=NC(N)=Nc1ccc(N2CCNCC2)cn1)N(C)C1CCCC1. The summed E-state index contributed by atoms with van der Waals surface area (Å²) >= 11 is 0. The van der Waals surface area contributed by atoms with Gasteiger partial charge in [0.05, 0.1) is 11.9 Å². The van der Waals surface area contributed by atoms with E-state index in [0.717, 1.165) is 44.1 Å². The van der Waals surface area contributed by atoms with Crippen LogP contribution in [0.15, 0.2) is 28.3 Å². The van der Waals surface area contributed by atoms with Crippen LogP contribution in [0.25, 0.3) is 0 Å². The third kappa shape index (κ3) is 4.72. The first-order chi connectivity index (χ1) is 12.7. The van der Waals surface area contributed by atoms with Crippen molar-refractivity contribution in [1.29, 1.82) is 0 Å². The van der Waals surface area contributed by atoms with Crippen LogP contribution in [0.2, 0.25) is 0 Å². The highest BCUT2D eigenvalue weighted by molar-refractivity contribution is 5.96. The molecule has 0 amide bonds. The number of hydrogen-bond acceptors (Lipinski definition) is 4. The predicted octanol–water partition coefficient (Wildman–Crippen LogP) is 2.12. The van der Waals surface area contributed by atoms with Gasteiger partial charge in [-0.15, -0.1) is 0 Å². The molecule has 1 saturated carbocycles. The minimum atomic E-state index is 0.272. The first-order valence-electron chi connectivity index (χ1n) is 9.73. The number of guanidine groups is 1. The maximum Gasteiger partial charge on any atom is 0.223 e. The summed E-state index contributed by atoms with van der Waals surface area (Å²) in [5.41, 5.74) is 7.20. The molecule has 1 aromatic rings. The zero-order valence-electron chi connectivity index (χ0n) is 16.0. The largest absolute Gasteiger partial charge is 0.368 e. The molecule has 0 spiro atoms. The number of piperazine rings is 1. The smallest absolute Gasteiger partial charge is 0.223 e. The van der Waals surface area contributed by atoms with E-state index < -0.39 is 0 Å². The number of nitrogens with two attached hydrogens (primary N) is 1. The first-order valence-corrected chi connectivity index (χ1v) is 9.73. The monoisotopic (exact) mass is 357 g/mol. The molecule has 3 N–H and O–H groups in total. The van der Waals surface area contributed by atoms with Crippen LogP contribution in [-0.2, 0) is 0 Å². The van der Waals surface area contributed by atoms with Gasteiger partial charge in [0.15, 0.2) is 5.82 Å². The Morgan fingerprint density at radius 3 is 2.65 bits per heavy atom. The van der Waals surface area contributed by atoms with Crippen molar-refractivity contribution >= 4 is 23.3 Å². The van der Waals surface area contributed by atoms with Gasteiger partial charge in [0, 0.05) is 45.7 Å². The number of aliphatic imine (C=N–C) groups is 2. The molecule has 0 radical (unpaired) electrons. The first kappa shape index (κ1) is 18.6. The number of aromatic nitrogens is 1. The second-order valence-corrected chi connectivity index (χ2v) is 7.01. The molecule has 2 aliphatic rings. The summed E-state index contributed by atoms with van der Waals surface area (Å²) in [6.07, 6.45) is 7.80.